The van der Waals surface area contributed by atoms with Crippen LogP contribution in [0.25, 0.3) is 0 Å². The molecule has 1 aromatic rings. The van der Waals surface area contributed by atoms with Crippen LogP contribution in [0, 0.1) is 0 Å². The number of nitrogens with zero attached hydrogens (tertiary/aromatic N) is 3. The summed E-state index contributed by atoms with van der Waals surface area (Å²) < 4.78 is 7.32. The molecule has 22 heavy (non-hydrogen) atoms. The summed E-state index contributed by atoms with van der Waals surface area (Å²) in [6.45, 7) is 6.51. The second kappa shape index (κ2) is 6.60. The quantitative estimate of drug-likeness (QED) is 0.834. The first kappa shape index (κ1) is 15.8. The van der Waals surface area contributed by atoms with Crippen LogP contribution in [0.2, 0.25) is 5.02 Å². The Morgan fingerprint density at radius 1 is 1.32 bits per heavy atom. The first-order chi connectivity index (χ1) is 10.6. The Hall–Kier alpha value is -1.04. The molecule has 3 heterocycles. The van der Waals surface area contributed by atoms with E-state index in [4.69, 9.17) is 16.3 Å². The monoisotopic (exact) mass is 325 g/mol. The summed E-state index contributed by atoms with van der Waals surface area (Å²) >= 11 is 5.98. The Morgan fingerprint density at radius 2 is 2.05 bits per heavy atom. The van der Waals surface area contributed by atoms with Gasteiger partial charge in [0.25, 0.3) is 5.91 Å². The highest BCUT2D eigenvalue weighted by Gasteiger charge is 2.31. The van der Waals surface area contributed by atoms with Crippen LogP contribution in [0.5, 0.6) is 0 Å². The van der Waals surface area contributed by atoms with Gasteiger partial charge in [0.1, 0.15) is 5.69 Å². The fourth-order valence-electron chi connectivity index (χ4n) is 3.58. The minimum Gasteiger partial charge on any atom is -0.379 e. The Morgan fingerprint density at radius 3 is 2.64 bits per heavy atom. The minimum atomic E-state index is 0.0860. The molecule has 0 radical (unpaired) electrons. The lowest BCUT2D eigenvalue weighted by Gasteiger charge is -2.43. The second-order valence-corrected chi connectivity index (χ2v) is 6.78. The molecule has 2 saturated heterocycles. The first-order valence-electron chi connectivity index (χ1n) is 8.01. The van der Waals surface area contributed by atoms with Crippen molar-refractivity contribution < 1.29 is 9.53 Å². The van der Waals surface area contributed by atoms with E-state index >= 15 is 0 Å². The number of hydrogen-bond donors (Lipinski definition) is 0. The van der Waals surface area contributed by atoms with Crippen molar-refractivity contribution in [1.82, 2.24) is 14.4 Å². The number of amides is 1. The number of halogens is 1. The van der Waals surface area contributed by atoms with Crippen molar-refractivity contribution in [1.29, 1.82) is 0 Å². The van der Waals surface area contributed by atoms with Crippen LogP contribution in [0.1, 0.15) is 30.3 Å². The summed E-state index contributed by atoms with van der Waals surface area (Å²) in [6.07, 6.45) is 3.85. The number of morpholine rings is 1. The fourth-order valence-corrected chi connectivity index (χ4v) is 3.83. The highest BCUT2D eigenvalue weighted by Crippen LogP contribution is 2.23. The third kappa shape index (κ3) is 3.16. The number of likely N-dealkylation sites (tertiary alicyclic amines) is 1. The Balaban J connectivity index is 1.59. The predicted octanol–water partition coefficient (Wildman–Crippen LogP) is 2.00. The highest BCUT2D eigenvalue weighted by atomic mass is 35.5. The summed E-state index contributed by atoms with van der Waals surface area (Å²) in [4.78, 5) is 17.1. The standard InChI is InChI=1S/C16H24ClN3O2/c1-12-11-22-8-7-20(12)14-3-5-19(6-4-14)16(21)15-9-13(17)10-18(15)2/h9-10,12,14H,3-8,11H2,1-2H3/t12-/m1/s1. The third-order valence-corrected chi connectivity index (χ3v) is 5.04. The van der Waals surface area contributed by atoms with Crippen molar-refractivity contribution in [2.75, 3.05) is 32.8 Å². The van der Waals surface area contributed by atoms with Gasteiger partial charge in [0.2, 0.25) is 0 Å². The van der Waals surface area contributed by atoms with E-state index in [1.54, 1.807) is 16.8 Å². The SMILES string of the molecule is C[C@@H]1COCCN1C1CCN(C(=O)c2cc(Cl)cn2C)CC1. The number of aromatic nitrogens is 1. The number of aryl methyl sites for hydroxylation is 1. The number of carbonyl (C=O) groups is 1. The zero-order chi connectivity index (χ0) is 15.7. The summed E-state index contributed by atoms with van der Waals surface area (Å²) in [5, 5.41) is 0.614. The summed E-state index contributed by atoms with van der Waals surface area (Å²) in [6, 6.07) is 2.80. The van der Waals surface area contributed by atoms with Gasteiger partial charge in [-0.15, -0.1) is 0 Å². The normalized spacial score (nSPS) is 24.7. The average Bonchev–Trinajstić information content (AvgIpc) is 2.86. The van der Waals surface area contributed by atoms with E-state index in [1.807, 2.05) is 11.9 Å². The third-order valence-electron chi connectivity index (χ3n) is 4.83. The molecule has 0 aliphatic carbocycles. The first-order valence-corrected chi connectivity index (χ1v) is 8.38. The van der Waals surface area contributed by atoms with Gasteiger partial charge in [0, 0.05) is 45.0 Å². The van der Waals surface area contributed by atoms with Crippen LogP contribution in [0.15, 0.2) is 12.3 Å². The van der Waals surface area contributed by atoms with E-state index < -0.39 is 0 Å². The largest absolute Gasteiger partial charge is 0.379 e. The highest BCUT2D eigenvalue weighted by molar-refractivity contribution is 6.31. The Labute approximate surface area is 136 Å². The van der Waals surface area contributed by atoms with Crippen molar-refractivity contribution in [2.24, 2.45) is 7.05 Å². The van der Waals surface area contributed by atoms with Gasteiger partial charge in [-0.3, -0.25) is 9.69 Å². The van der Waals surface area contributed by atoms with E-state index in [1.165, 1.54) is 0 Å². The van der Waals surface area contributed by atoms with Crippen molar-refractivity contribution in [3.05, 3.63) is 23.0 Å². The van der Waals surface area contributed by atoms with E-state index in [2.05, 4.69) is 11.8 Å². The maximum absolute atomic E-state index is 12.6. The van der Waals surface area contributed by atoms with Crippen molar-refractivity contribution >= 4 is 17.5 Å². The number of piperidine rings is 1. The van der Waals surface area contributed by atoms with Crippen molar-refractivity contribution in [3.63, 3.8) is 0 Å². The van der Waals surface area contributed by atoms with Crippen LogP contribution in [-0.2, 0) is 11.8 Å². The zero-order valence-corrected chi connectivity index (χ0v) is 14.1. The molecule has 0 bridgehead atoms. The maximum atomic E-state index is 12.6. The molecule has 122 valence electrons. The van der Waals surface area contributed by atoms with Crippen molar-refractivity contribution in [3.8, 4) is 0 Å². The van der Waals surface area contributed by atoms with Gasteiger partial charge in [0.15, 0.2) is 0 Å². The van der Waals surface area contributed by atoms with E-state index in [0.29, 0.717) is 22.8 Å². The van der Waals surface area contributed by atoms with Crippen molar-refractivity contribution in [2.45, 2.75) is 31.8 Å². The van der Waals surface area contributed by atoms with Crippen LogP contribution in [-0.4, -0.2) is 65.2 Å². The molecule has 2 aliphatic heterocycles. The van der Waals surface area contributed by atoms with Gasteiger partial charge in [-0.05, 0) is 25.8 Å². The molecule has 6 heteroatoms. The zero-order valence-electron chi connectivity index (χ0n) is 13.3. The molecule has 0 saturated carbocycles. The lowest BCUT2D eigenvalue weighted by atomic mass is 10.0. The molecule has 2 fully saturated rings. The van der Waals surface area contributed by atoms with E-state index in [0.717, 1.165) is 45.7 Å². The number of ether oxygens (including phenoxy) is 1. The van der Waals surface area contributed by atoms with Crippen LogP contribution < -0.4 is 0 Å². The summed E-state index contributed by atoms with van der Waals surface area (Å²) in [5.41, 5.74) is 0.670. The van der Waals surface area contributed by atoms with Gasteiger partial charge in [-0.1, -0.05) is 11.6 Å². The lowest BCUT2D eigenvalue weighted by Crippen LogP contribution is -2.53. The van der Waals surface area contributed by atoms with Crippen LogP contribution in [0.3, 0.4) is 0 Å². The number of carbonyl (C=O) groups excluding carboxylic acids is 1. The molecule has 0 unspecified atom stereocenters. The smallest absolute Gasteiger partial charge is 0.270 e. The average molecular weight is 326 g/mol. The molecule has 0 aromatic carbocycles. The van der Waals surface area contributed by atoms with Gasteiger partial charge in [-0.2, -0.15) is 0 Å². The molecule has 3 rings (SSSR count). The molecule has 1 atom stereocenters. The molecule has 0 spiro atoms. The predicted molar refractivity (Wildman–Crippen MR) is 86.3 cm³/mol. The second-order valence-electron chi connectivity index (χ2n) is 6.34. The molecule has 0 N–H and O–H groups in total. The number of hydrogen-bond acceptors (Lipinski definition) is 3. The fraction of sp³-hybridized carbons (Fsp3) is 0.688. The Bertz CT molecular complexity index is 537. The van der Waals surface area contributed by atoms with Gasteiger partial charge >= 0.3 is 0 Å². The van der Waals surface area contributed by atoms with Gasteiger partial charge in [0.05, 0.1) is 18.2 Å². The molecule has 5 nitrogen and oxygen atoms in total. The molecule has 2 aliphatic rings. The van der Waals surface area contributed by atoms with Crippen LogP contribution in [0.4, 0.5) is 0 Å². The minimum absolute atomic E-state index is 0.0860. The Kier molecular flexibility index (Phi) is 4.76. The topological polar surface area (TPSA) is 37.7 Å². The molecular weight excluding hydrogens is 302 g/mol. The summed E-state index contributed by atoms with van der Waals surface area (Å²) in [7, 11) is 1.86. The lowest BCUT2D eigenvalue weighted by molar-refractivity contribution is -0.0335. The van der Waals surface area contributed by atoms with E-state index in [-0.39, 0.29) is 5.91 Å². The van der Waals surface area contributed by atoms with E-state index in [9.17, 15) is 4.79 Å². The molecule has 1 aromatic heterocycles. The van der Waals surface area contributed by atoms with Gasteiger partial charge in [-0.25, -0.2) is 0 Å². The maximum Gasteiger partial charge on any atom is 0.270 e. The van der Waals surface area contributed by atoms with Crippen LogP contribution >= 0.6 is 11.6 Å². The number of rotatable bonds is 2. The van der Waals surface area contributed by atoms with Gasteiger partial charge < -0.3 is 14.2 Å². The summed E-state index contributed by atoms with van der Waals surface area (Å²) in [5.74, 6) is 0.0860. The molecular formula is C16H24ClN3O2. The molecule has 1 amide bonds.